The summed E-state index contributed by atoms with van der Waals surface area (Å²) in [6.07, 6.45) is 3.55. The topological polar surface area (TPSA) is 65.1 Å². The maximum atomic E-state index is 12.3. The van der Waals surface area contributed by atoms with E-state index in [4.69, 9.17) is 0 Å². The Balaban J connectivity index is 1.67. The molecule has 3 N–H and O–H groups in total. The van der Waals surface area contributed by atoms with Crippen LogP contribution in [-0.2, 0) is 11.2 Å². The minimum atomic E-state index is -0.186. The van der Waals surface area contributed by atoms with Crippen molar-refractivity contribution in [2.45, 2.75) is 51.2 Å². The van der Waals surface area contributed by atoms with E-state index in [0.717, 1.165) is 47.8 Å². The van der Waals surface area contributed by atoms with Crippen molar-refractivity contribution in [3.8, 4) is 0 Å². The summed E-state index contributed by atoms with van der Waals surface area (Å²) in [4.78, 5) is 15.6. The Morgan fingerprint density at radius 1 is 1.29 bits per heavy atom. The molecule has 0 aliphatic heterocycles. The molecule has 1 saturated carbocycles. The van der Waals surface area contributed by atoms with Crippen LogP contribution in [0.2, 0.25) is 0 Å². The molecule has 21 heavy (non-hydrogen) atoms. The molecule has 2 aromatic rings. The van der Waals surface area contributed by atoms with Gasteiger partial charge in [0.1, 0.15) is 0 Å². The number of benzene rings is 1. The van der Waals surface area contributed by atoms with Gasteiger partial charge in [0.05, 0.1) is 12.5 Å². The van der Waals surface area contributed by atoms with Crippen molar-refractivity contribution in [3.63, 3.8) is 0 Å². The lowest BCUT2D eigenvalue weighted by Crippen LogP contribution is -2.39. The van der Waals surface area contributed by atoms with Crippen molar-refractivity contribution in [2.24, 2.45) is 0 Å². The molecule has 0 spiro atoms. The number of carbonyl (C=O) groups excluding carboxylic acids is 1. The van der Waals surface area contributed by atoms with Crippen LogP contribution < -0.4 is 5.32 Å². The highest BCUT2D eigenvalue weighted by Gasteiger charge is 2.21. The molecule has 1 heterocycles. The largest absolute Gasteiger partial charge is 0.393 e. The average Bonchev–Trinajstić information content (AvgIpc) is 2.78. The summed E-state index contributed by atoms with van der Waals surface area (Å²) in [6.45, 7) is 2.01. The maximum absolute atomic E-state index is 12.3. The van der Waals surface area contributed by atoms with Crippen molar-refractivity contribution in [1.29, 1.82) is 0 Å². The Kier molecular flexibility index (Phi) is 3.97. The summed E-state index contributed by atoms with van der Waals surface area (Å²) in [7, 11) is 0. The van der Waals surface area contributed by atoms with E-state index in [0.29, 0.717) is 6.42 Å². The van der Waals surface area contributed by atoms with Crippen LogP contribution in [0.5, 0.6) is 0 Å². The Labute approximate surface area is 124 Å². The molecule has 0 bridgehead atoms. The Bertz CT molecular complexity index is 639. The lowest BCUT2D eigenvalue weighted by atomic mass is 9.93. The third-order valence-electron chi connectivity index (χ3n) is 4.43. The number of fused-ring (bicyclic) bond motifs is 1. The second-order valence-electron chi connectivity index (χ2n) is 6.02. The van der Waals surface area contributed by atoms with E-state index in [1.54, 1.807) is 0 Å². The summed E-state index contributed by atoms with van der Waals surface area (Å²) in [5.74, 6) is 0.0734. The molecule has 1 aliphatic carbocycles. The van der Waals surface area contributed by atoms with Gasteiger partial charge in [-0.05, 0) is 44.2 Å². The van der Waals surface area contributed by atoms with Crippen LogP contribution in [0.25, 0.3) is 10.9 Å². The number of H-pyrrole nitrogens is 1. The first-order valence-electron chi connectivity index (χ1n) is 7.67. The molecule has 0 atom stereocenters. The minimum absolute atomic E-state index is 0.0734. The van der Waals surface area contributed by atoms with Gasteiger partial charge in [0, 0.05) is 22.6 Å². The Morgan fingerprint density at radius 3 is 2.76 bits per heavy atom. The van der Waals surface area contributed by atoms with E-state index >= 15 is 0 Å². The fourth-order valence-electron chi connectivity index (χ4n) is 3.22. The summed E-state index contributed by atoms with van der Waals surface area (Å²) < 4.78 is 0. The van der Waals surface area contributed by atoms with E-state index in [1.165, 1.54) is 0 Å². The third-order valence-corrected chi connectivity index (χ3v) is 4.43. The Morgan fingerprint density at radius 2 is 2.00 bits per heavy atom. The molecule has 4 nitrogen and oxygen atoms in total. The number of aliphatic hydroxyl groups excluding tert-OH is 1. The molecule has 1 amide bonds. The molecule has 4 heteroatoms. The van der Waals surface area contributed by atoms with E-state index in [9.17, 15) is 9.90 Å². The number of carbonyl (C=O) groups is 1. The molecule has 1 fully saturated rings. The van der Waals surface area contributed by atoms with Crippen LogP contribution in [0.3, 0.4) is 0 Å². The number of amides is 1. The number of hydrogen-bond donors (Lipinski definition) is 3. The van der Waals surface area contributed by atoms with Gasteiger partial charge < -0.3 is 15.4 Å². The van der Waals surface area contributed by atoms with Gasteiger partial charge in [0.15, 0.2) is 0 Å². The highest BCUT2D eigenvalue weighted by molar-refractivity contribution is 5.90. The molecule has 0 saturated heterocycles. The quantitative estimate of drug-likeness (QED) is 0.811. The number of nitrogens with one attached hydrogen (secondary N) is 2. The smallest absolute Gasteiger partial charge is 0.224 e. The summed E-state index contributed by atoms with van der Waals surface area (Å²) in [6, 6.07) is 8.30. The minimum Gasteiger partial charge on any atom is -0.393 e. The van der Waals surface area contributed by atoms with Gasteiger partial charge in [-0.15, -0.1) is 0 Å². The van der Waals surface area contributed by atoms with Gasteiger partial charge in [-0.25, -0.2) is 0 Å². The second-order valence-corrected chi connectivity index (χ2v) is 6.02. The Hall–Kier alpha value is -1.81. The van der Waals surface area contributed by atoms with Crippen molar-refractivity contribution in [2.75, 3.05) is 0 Å². The zero-order valence-electron chi connectivity index (χ0n) is 12.4. The normalized spacial score (nSPS) is 22.4. The molecule has 1 aromatic heterocycles. The lowest BCUT2D eigenvalue weighted by molar-refractivity contribution is -0.121. The molecule has 112 valence electrons. The predicted octanol–water partition coefficient (Wildman–Crippen LogP) is 2.44. The molecular formula is C17H22N2O2. The standard InChI is InChI=1S/C17H22N2O2/c1-11-15(14-4-2-3-5-16(14)18-11)10-17(21)19-12-6-8-13(20)9-7-12/h2-5,12-13,18,20H,6-10H2,1H3,(H,19,21). The van der Waals surface area contributed by atoms with Gasteiger partial charge in [-0.3, -0.25) is 4.79 Å². The van der Waals surface area contributed by atoms with Crippen molar-refractivity contribution in [1.82, 2.24) is 10.3 Å². The number of para-hydroxylation sites is 1. The van der Waals surface area contributed by atoms with Crippen molar-refractivity contribution < 1.29 is 9.90 Å². The van der Waals surface area contributed by atoms with Crippen LogP contribution in [0.15, 0.2) is 24.3 Å². The zero-order chi connectivity index (χ0) is 14.8. The number of aromatic amines is 1. The van der Waals surface area contributed by atoms with Gasteiger partial charge in [-0.1, -0.05) is 18.2 Å². The van der Waals surface area contributed by atoms with Crippen molar-refractivity contribution >= 4 is 16.8 Å². The first-order valence-corrected chi connectivity index (χ1v) is 7.67. The zero-order valence-corrected chi connectivity index (χ0v) is 12.4. The molecule has 3 rings (SSSR count). The number of aromatic nitrogens is 1. The van der Waals surface area contributed by atoms with Crippen LogP contribution in [0.1, 0.15) is 36.9 Å². The van der Waals surface area contributed by atoms with E-state index in [-0.39, 0.29) is 18.1 Å². The highest BCUT2D eigenvalue weighted by atomic mass is 16.3. The van der Waals surface area contributed by atoms with E-state index < -0.39 is 0 Å². The van der Waals surface area contributed by atoms with E-state index in [1.807, 2.05) is 25.1 Å². The van der Waals surface area contributed by atoms with Gasteiger partial charge in [-0.2, -0.15) is 0 Å². The number of rotatable bonds is 3. The van der Waals surface area contributed by atoms with Crippen molar-refractivity contribution in [3.05, 3.63) is 35.5 Å². The number of aryl methyl sites for hydroxylation is 1. The van der Waals surface area contributed by atoms with E-state index in [2.05, 4.69) is 16.4 Å². The van der Waals surface area contributed by atoms with Crippen LogP contribution in [0, 0.1) is 6.92 Å². The molecule has 0 unspecified atom stereocenters. The molecule has 0 radical (unpaired) electrons. The molecule has 1 aliphatic rings. The van der Waals surface area contributed by atoms with Gasteiger partial charge in [0.25, 0.3) is 0 Å². The SMILES string of the molecule is Cc1[nH]c2ccccc2c1CC(=O)NC1CCC(O)CC1. The fraction of sp³-hybridized carbons (Fsp3) is 0.471. The average molecular weight is 286 g/mol. The summed E-state index contributed by atoms with van der Waals surface area (Å²) in [5, 5.41) is 13.7. The second kappa shape index (κ2) is 5.90. The van der Waals surface area contributed by atoms with Gasteiger partial charge in [0.2, 0.25) is 5.91 Å². The lowest BCUT2D eigenvalue weighted by Gasteiger charge is -2.26. The summed E-state index contributed by atoms with van der Waals surface area (Å²) >= 11 is 0. The first-order chi connectivity index (χ1) is 10.1. The highest BCUT2D eigenvalue weighted by Crippen LogP contribution is 2.23. The van der Waals surface area contributed by atoms with Crippen LogP contribution >= 0.6 is 0 Å². The molecule has 1 aromatic carbocycles. The van der Waals surface area contributed by atoms with Gasteiger partial charge >= 0.3 is 0 Å². The first kappa shape index (κ1) is 14.1. The predicted molar refractivity (Wildman–Crippen MR) is 83.1 cm³/mol. The number of hydrogen-bond acceptors (Lipinski definition) is 2. The monoisotopic (exact) mass is 286 g/mol. The number of aliphatic hydroxyl groups is 1. The summed E-state index contributed by atoms with van der Waals surface area (Å²) in [5.41, 5.74) is 3.22. The van der Waals surface area contributed by atoms with Crippen LogP contribution in [0.4, 0.5) is 0 Å². The fourth-order valence-corrected chi connectivity index (χ4v) is 3.22. The maximum Gasteiger partial charge on any atom is 0.224 e. The third kappa shape index (κ3) is 3.10. The van der Waals surface area contributed by atoms with Crippen LogP contribution in [-0.4, -0.2) is 28.1 Å². The molecular weight excluding hydrogens is 264 g/mol.